The van der Waals surface area contributed by atoms with E-state index in [1.54, 1.807) is 7.11 Å². The van der Waals surface area contributed by atoms with Gasteiger partial charge in [-0.25, -0.2) is 0 Å². The number of azide groups is 1. The molecule has 2 rings (SSSR count). The fraction of sp³-hybridized carbons (Fsp3) is 1.00. The van der Waals surface area contributed by atoms with Gasteiger partial charge in [0, 0.05) is 12.0 Å². The van der Waals surface area contributed by atoms with Crippen LogP contribution in [0.15, 0.2) is 5.11 Å². The highest BCUT2D eigenvalue weighted by molar-refractivity contribution is 4.94. The molecule has 2 fully saturated rings. The van der Waals surface area contributed by atoms with Gasteiger partial charge in [0.05, 0.1) is 12.6 Å². The fourth-order valence-electron chi connectivity index (χ4n) is 2.10. The van der Waals surface area contributed by atoms with Crippen LogP contribution in [0, 0.1) is 0 Å². The van der Waals surface area contributed by atoms with E-state index in [9.17, 15) is 0 Å². The molecule has 2 saturated heterocycles. The fourth-order valence-corrected chi connectivity index (χ4v) is 2.10. The van der Waals surface area contributed by atoms with Gasteiger partial charge >= 0.3 is 0 Å². The Bertz CT molecular complexity index is 316. The van der Waals surface area contributed by atoms with E-state index in [1.807, 2.05) is 13.8 Å². The topological polar surface area (TPSA) is 85.7 Å². The van der Waals surface area contributed by atoms with E-state index in [0.29, 0.717) is 0 Å². The summed E-state index contributed by atoms with van der Waals surface area (Å²) in [7, 11) is 1.58. The molecular formula is C9H15N3O4. The molecule has 0 spiro atoms. The zero-order chi connectivity index (χ0) is 11.8. The third-order valence-electron chi connectivity index (χ3n) is 2.68. The summed E-state index contributed by atoms with van der Waals surface area (Å²) in [6.45, 7) is 3.86. The Morgan fingerprint density at radius 1 is 1.44 bits per heavy atom. The maximum Gasteiger partial charge on any atom is 0.190 e. The van der Waals surface area contributed by atoms with Crippen molar-refractivity contribution in [2.75, 3.05) is 13.7 Å². The summed E-state index contributed by atoms with van der Waals surface area (Å²) < 4.78 is 22.1. The van der Waals surface area contributed by atoms with Crippen LogP contribution in [0.4, 0.5) is 0 Å². The van der Waals surface area contributed by atoms with Crippen LogP contribution in [0.5, 0.6) is 0 Å². The molecule has 0 aromatic carbocycles. The largest absolute Gasteiger partial charge is 0.376 e. The Morgan fingerprint density at radius 3 is 2.81 bits per heavy atom. The van der Waals surface area contributed by atoms with Gasteiger partial charge in [0.25, 0.3) is 0 Å². The number of hydrogen-bond donors (Lipinski definition) is 0. The molecule has 0 aromatic rings. The van der Waals surface area contributed by atoms with Crippen LogP contribution in [0.1, 0.15) is 13.8 Å². The van der Waals surface area contributed by atoms with Crippen LogP contribution in [-0.4, -0.2) is 44.0 Å². The van der Waals surface area contributed by atoms with Gasteiger partial charge < -0.3 is 18.9 Å². The molecule has 0 unspecified atom stereocenters. The maximum absolute atomic E-state index is 8.27. The lowest BCUT2D eigenvalue weighted by molar-refractivity contribution is -0.215. The summed E-state index contributed by atoms with van der Waals surface area (Å²) in [6, 6.07) is 0. The second-order valence-corrected chi connectivity index (χ2v) is 4.26. The van der Waals surface area contributed by atoms with Gasteiger partial charge in [-0.05, 0) is 19.4 Å². The number of methoxy groups -OCH3 is 1. The Kier molecular flexibility index (Phi) is 3.05. The predicted octanol–water partition coefficient (Wildman–Crippen LogP) is 1.19. The smallest absolute Gasteiger partial charge is 0.190 e. The summed E-state index contributed by atoms with van der Waals surface area (Å²) in [5.41, 5.74) is 8.27. The van der Waals surface area contributed by atoms with Crippen molar-refractivity contribution in [3.05, 3.63) is 10.4 Å². The molecule has 2 aliphatic rings. The SMILES string of the molecule is CO[C@@H]1[C@H]2OC(C)(C)O[C@H]2O[C@@H]1CN=[N+]=[N-]. The van der Waals surface area contributed by atoms with Crippen molar-refractivity contribution < 1.29 is 18.9 Å². The molecule has 0 aromatic heterocycles. The van der Waals surface area contributed by atoms with Crippen molar-refractivity contribution in [2.45, 2.75) is 44.2 Å². The normalized spacial score (nSPS) is 40.4. The van der Waals surface area contributed by atoms with Crippen molar-refractivity contribution in [1.29, 1.82) is 0 Å². The van der Waals surface area contributed by atoms with Crippen LogP contribution in [0.25, 0.3) is 10.4 Å². The summed E-state index contributed by atoms with van der Waals surface area (Å²) >= 11 is 0. The Hall–Kier alpha value is -0.850. The number of rotatable bonds is 3. The molecule has 7 heteroatoms. The van der Waals surface area contributed by atoms with Gasteiger partial charge in [-0.3, -0.25) is 0 Å². The van der Waals surface area contributed by atoms with Gasteiger partial charge in [0.15, 0.2) is 12.1 Å². The first-order valence-corrected chi connectivity index (χ1v) is 5.12. The van der Waals surface area contributed by atoms with Crippen molar-refractivity contribution in [2.24, 2.45) is 5.11 Å². The summed E-state index contributed by atoms with van der Waals surface area (Å²) in [4.78, 5) is 2.70. The first-order valence-electron chi connectivity index (χ1n) is 5.12. The minimum absolute atomic E-state index is 0.217. The summed E-state index contributed by atoms with van der Waals surface area (Å²) in [5, 5.41) is 3.48. The predicted molar refractivity (Wildman–Crippen MR) is 53.5 cm³/mol. The van der Waals surface area contributed by atoms with Gasteiger partial charge in [-0.2, -0.15) is 0 Å². The van der Waals surface area contributed by atoms with Crippen LogP contribution >= 0.6 is 0 Å². The Labute approximate surface area is 93.2 Å². The molecular weight excluding hydrogens is 214 g/mol. The van der Waals surface area contributed by atoms with E-state index in [0.717, 1.165) is 0 Å². The highest BCUT2D eigenvalue weighted by atomic mass is 16.8. The molecule has 90 valence electrons. The molecule has 0 saturated carbocycles. The van der Waals surface area contributed by atoms with Crippen molar-refractivity contribution in [1.82, 2.24) is 0 Å². The first kappa shape index (κ1) is 11.6. The Balaban J connectivity index is 2.06. The van der Waals surface area contributed by atoms with E-state index in [-0.39, 0.29) is 24.9 Å². The van der Waals surface area contributed by atoms with E-state index < -0.39 is 12.1 Å². The number of fused-ring (bicyclic) bond motifs is 1. The lowest BCUT2D eigenvalue weighted by Gasteiger charge is -2.23. The number of nitrogens with zero attached hydrogens (tertiary/aromatic N) is 3. The van der Waals surface area contributed by atoms with E-state index in [2.05, 4.69) is 10.0 Å². The van der Waals surface area contributed by atoms with Crippen LogP contribution in [0.3, 0.4) is 0 Å². The maximum atomic E-state index is 8.27. The summed E-state index contributed by atoms with van der Waals surface area (Å²) in [5.74, 6) is -0.657. The second kappa shape index (κ2) is 4.20. The lowest BCUT2D eigenvalue weighted by Crippen LogP contribution is -2.37. The van der Waals surface area contributed by atoms with E-state index in [4.69, 9.17) is 24.5 Å². The molecule has 0 radical (unpaired) electrons. The van der Waals surface area contributed by atoms with Gasteiger partial charge in [-0.15, -0.1) is 0 Å². The average molecular weight is 229 g/mol. The molecule has 16 heavy (non-hydrogen) atoms. The van der Waals surface area contributed by atoms with Crippen LogP contribution < -0.4 is 0 Å². The Morgan fingerprint density at radius 2 is 2.19 bits per heavy atom. The summed E-state index contributed by atoms with van der Waals surface area (Å²) in [6.07, 6.45) is -1.29. The molecule has 7 nitrogen and oxygen atoms in total. The van der Waals surface area contributed by atoms with Crippen molar-refractivity contribution >= 4 is 0 Å². The molecule has 4 atom stereocenters. The van der Waals surface area contributed by atoms with Gasteiger partial charge in [0.2, 0.25) is 0 Å². The second-order valence-electron chi connectivity index (χ2n) is 4.26. The zero-order valence-corrected chi connectivity index (χ0v) is 9.49. The standard InChI is InChI=1S/C9H15N3O4/c1-9(2)15-7-6(13-3)5(4-11-12-10)14-8(7)16-9/h5-8H,4H2,1-3H3/t5-,6+,7-,8-/m1/s1. The van der Waals surface area contributed by atoms with Crippen LogP contribution in [0.2, 0.25) is 0 Å². The molecule has 0 aliphatic carbocycles. The minimum Gasteiger partial charge on any atom is -0.376 e. The van der Waals surface area contributed by atoms with Crippen LogP contribution in [-0.2, 0) is 18.9 Å². The third-order valence-corrected chi connectivity index (χ3v) is 2.68. The highest BCUT2D eigenvalue weighted by Crippen LogP contribution is 2.38. The van der Waals surface area contributed by atoms with Gasteiger partial charge in [0.1, 0.15) is 12.2 Å². The number of ether oxygens (including phenoxy) is 4. The van der Waals surface area contributed by atoms with E-state index >= 15 is 0 Å². The lowest BCUT2D eigenvalue weighted by atomic mass is 10.1. The quantitative estimate of drug-likeness (QED) is 0.413. The average Bonchev–Trinajstić information content (AvgIpc) is 2.65. The molecule has 0 N–H and O–H groups in total. The minimum atomic E-state index is -0.657. The monoisotopic (exact) mass is 229 g/mol. The molecule has 2 heterocycles. The van der Waals surface area contributed by atoms with Crippen molar-refractivity contribution in [3.63, 3.8) is 0 Å². The first-order chi connectivity index (χ1) is 7.57. The number of hydrogen-bond acceptors (Lipinski definition) is 5. The zero-order valence-electron chi connectivity index (χ0n) is 9.49. The van der Waals surface area contributed by atoms with E-state index in [1.165, 1.54) is 0 Å². The molecule has 0 bridgehead atoms. The molecule has 2 aliphatic heterocycles. The highest BCUT2D eigenvalue weighted by Gasteiger charge is 2.54. The van der Waals surface area contributed by atoms with Crippen molar-refractivity contribution in [3.8, 4) is 0 Å². The van der Waals surface area contributed by atoms with Gasteiger partial charge in [-0.1, -0.05) is 5.11 Å². The molecule has 0 amide bonds. The third kappa shape index (κ3) is 2.00.